The molecule has 0 saturated heterocycles. The van der Waals surface area contributed by atoms with E-state index in [4.69, 9.17) is 17.0 Å². The van der Waals surface area contributed by atoms with E-state index < -0.39 is 0 Å². The van der Waals surface area contributed by atoms with Gasteiger partial charge in [-0.3, -0.25) is 10.1 Å². The summed E-state index contributed by atoms with van der Waals surface area (Å²) in [4.78, 5) is 24.3. The summed E-state index contributed by atoms with van der Waals surface area (Å²) in [6.07, 6.45) is 3.14. The molecule has 0 aliphatic heterocycles. The van der Waals surface area contributed by atoms with Crippen molar-refractivity contribution < 1.29 is 14.3 Å². The van der Waals surface area contributed by atoms with E-state index in [1.54, 1.807) is 48.6 Å². The van der Waals surface area contributed by atoms with E-state index in [0.29, 0.717) is 17.9 Å². The Bertz CT molecular complexity index is 738. The summed E-state index contributed by atoms with van der Waals surface area (Å²) in [5, 5.41) is 7.55. The highest BCUT2D eigenvalue weighted by molar-refractivity contribution is 7.80. The lowest BCUT2D eigenvalue weighted by Crippen LogP contribution is -2.32. The van der Waals surface area contributed by atoms with E-state index in [-0.39, 0.29) is 17.0 Å². The van der Waals surface area contributed by atoms with Crippen LogP contribution in [0.4, 0.5) is 5.69 Å². The molecule has 0 spiro atoms. The Morgan fingerprint density at radius 3 is 2.62 bits per heavy atom. The average molecular weight is 360 g/mol. The van der Waals surface area contributed by atoms with E-state index in [0.717, 1.165) is 4.88 Å². The fraction of sp³-hybridized carbons (Fsp3) is 0.118. The first-order chi connectivity index (χ1) is 11.6. The molecule has 0 bridgehead atoms. The molecule has 0 atom stereocenters. The summed E-state index contributed by atoms with van der Waals surface area (Å²) in [7, 11) is 0. The number of amides is 1. The highest BCUT2D eigenvalue weighted by Crippen LogP contribution is 2.11. The van der Waals surface area contributed by atoms with Gasteiger partial charge in [0.05, 0.1) is 12.2 Å². The zero-order valence-corrected chi connectivity index (χ0v) is 14.6. The molecule has 0 saturated carbocycles. The number of anilines is 1. The van der Waals surface area contributed by atoms with Gasteiger partial charge in [-0.2, -0.15) is 0 Å². The van der Waals surface area contributed by atoms with Crippen molar-refractivity contribution in [2.45, 2.75) is 6.92 Å². The maximum atomic E-state index is 11.8. The molecular weight excluding hydrogens is 344 g/mol. The first-order valence-electron chi connectivity index (χ1n) is 7.19. The van der Waals surface area contributed by atoms with Crippen LogP contribution in [0.2, 0.25) is 0 Å². The third-order valence-corrected chi connectivity index (χ3v) is 3.87. The summed E-state index contributed by atoms with van der Waals surface area (Å²) in [5.74, 6) is -0.692. The molecule has 2 aromatic rings. The highest BCUT2D eigenvalue weighted by atomic mass is 32.1. The van der Waals surface area contributed by atoms with Gasteiger partial charge in [-0.15, -0.1) is 11.3 Å². The third kappa shape index (κ3) is 5.60. The molecule has 1 amide bonds. The van der Waals surface area contributed by atoms with E-state index >= 15 is 0 Å². The summed E-state index contributed by atoms with van der Waals surface area (Å²) >= 11 is 6.63. The van der Waals surface area contributed by atoms with Gasteiger partial charge in [0.25, 0.3) is 0 Å². The molecule has 5 nitrogen and oxygen atoms in total. The fourth-order valence-electron chi connectivity index (χ4n) is 1.76. The standard InChI is InChI=1S/C17H16N2O3S2/c1-2-22-16(21)12-5-7-13(8-6-12)18-17(23)19-15(20)10-9-14-4-3-11-24-14/h3-11H,2H2,1H3,(H2,18,19,20,23)/b10-9+. The van der Waals surface area contributed by atoms with Crippen molar-refractivity contribution in [2.75, 3.05) is 11.9 Å². The SMILES string of the molecule is CCOC(=O)c1ccc(NC(=S)NC(=O)/C=C/c2cccs2)cc1. The molecule has 1 aromatic carbocycles. The quantitative estimate of drug-likeness (QED) is 0.486. The Morgan fingerprint density at radius 2 is 2.00 bits per heavy atom. The van der Waals surface area contributed by atoms with Gasteiger partial charge in [0.1, 0.15) is 0 Å². The number of benzene rings is 1. The van der Waals surface area contributed by atoms with E-state index in [1.165, 1.54) is 6.08 Å². The number of esters is 1. The van der Waals surface area contributed by atoms with Crippen molar-refractivity contribution >= 4 is 52.3 Å². The lowest BCUT2D eigenvalue weighted by molar-refractivity contribution is -0.115. The molecule has 0 fully saturated rings. The first-order valence-corrected chi connectivity index (χ1v) is 8.48. The van der Waals surface area contributed by atoms with Gasteiger partial charge in [-0.1, -0.05) is 6.07 Å². The third-order valence-electron chi connectivity index (χ3n) is 2.83. The van der Waals surface area contributed by atoms with E-state index in [9.17, 15) is 9.59 Å². The molecule has 0 radical (unpaired) electrons. The maximum Gasteiger partial charge on any atom is 0.338 e. The van der Waals surface area contributed by atoms with Crippen molar-refractivity contribution in [1.82, 2.24) is 5.32 Å². The number of ether oxygens (including phenoxy) is 1. The van der Waals surface area contributed by atoms with Crippen LogP contribution in [-0.4, -0.2) is 23.6 Å². The number of carbonyl (C=O) groups excluding carboxylic acids is 2. The predicted molar refractivity (Wildman–Crippen MR) is 100 cm³/mol. The molecule has 2 rings (SSSR count). The molecule has 0 aliphatic rings. The number of thiophene rings is 1. The minimum absolute atomic E-state index is 0.180. The molecular formula is C17H16N2O3S2. The molecule has 0 aliphatic carbocycles. The first kappa shape index (κ1) is 17.8. The minimum atomic E-state index is -0.376. The fourth-order valence-corrected chi connectivity index (χ4v) is 2.60. The van der Waals surface area contributed by atoms with Gasteiger partial charge in [0.15, 0.2) is 5.11 Å². The molecule has 24 heavy (non-hydrogen) atoms. The van der Waals surface area contributed by atoms with E-state index in [2.05, 4.69) is 10.6 Å². The number of hydrogen-bond donors (Lipinski definition) is 2. The second-order valence-electron chi connectivity index (χ2n) is 4.59. The van der Waals surface area contributed by atoms with Crippen LogP contribution in [0, 0.1) is 0 Å². The minimum Gasteiger partial charge on any atom is -0.462 e. The maximum absolute atomic E-state index is 11.8. The Labute approximate surface area is 149 Å². The Morgan fingerprint density at radius 1 is 1.25 bits per heavy atom. The molecule has 7 heteroatoms. The Kier molecular flexibility index (Phi) is 6.65. The lowest BCUT2D eigenvalue weighted by Gasteiger charge is -2.08. The monoisotopic (exact) mass is 360 g/mol. The van der Waals surface area contributed by atoms with E-state index in [1.807, 2.05) is 17.5 Å². The largest absolute Gasteiger partial charge is 0.462 e. The molecule has 2 N–H and O–H groups in total. The molecule has 0 unspecified atom stereocenters. The second-order valence-corrected chi connectivity index (χ2v) is 5.98. The number of carbonyl (C=O) groups is 2. The normalized spacial score (nSPS) is 10.4. The Balaban J connectivity index is 1.85. The number of hydrogen-bond acceptors (Lipinski definition) is 5. The molecule has 1 aromatic heterocycles. The van der Waals surface area contributed by atoms with Crippen LogP contribution in [0.15, 0.2) is 47.9 Å². The topological polar surface area (TPSA) is 67.4 Å². The van der Waals surface area contributed by atoms with Gasteiger partial charge in [0.2, 0.25) is 5.91 Å². The number of nitrogens with one attached hydrogen (secondary N) is 2. The van der Waals surface area contributed by atoms with Gasteiger partial charge >= 0.3 is 5.97 Å². The van der Waals surface area contributed by atoms with Crippen molar-refractivity contribution in [2.24, 2.45) is 0 Å². The second kappa shape index (κ2) is 8.95. The average Bonchev–Trinajstić information content (AvgIpc) is 3.07. The van der Waals surface area contributed by atoms with Crippen LogP contribution in [0.1, 0.15) is 22.2 Å². The van der Waals surface area contributed by atoms with Crippen LogP contribution >= 0.6 is 23.6 Å². The Hall–Kier alpha value is -2.51. The van der Waals surface area contributed by atoms with Crippen molar-refractivity contribution in [1.29, 1.82) is 0 Å². The van der Waals surface area contributed by atoms with Crippen molar-refractivity contribution in [3.8, 4) is 0 Å². The lowest BCUT2D eigenvalue weighted by atomic mass is 10.2. The smallest absolute Gasteiger partial charge is 0.338 e. The predicted octanol–water partition coefficient (Wildman–Crippen LogP) is 3.45. The van der Waals surface area contributed by atoms with Crippen molar-refractivity contribution in [3.63, 3.8) is 0 Å². The summed E-state index contributed by atoms with van der Waals surface area (Å²) in [5.41, 5.74) is 1.12. The number of rotatable bonds is 5. The zero-order chi connectivity index (χ0) is 17.4. The van der Waals surface area contributed by atoms with Gasteiger partial charge in [0, 0.05) is 16.6 Å². The molecule has 124 valence electrons. The van der Waals surface area contributed by atoms with Crippen LogP contribution in [0.5, 0.6) is 0 Å². The van der Waals surface area contributed by atoms with Gasteiger partial charge < -0.3 is 10.1 Å². The van der Waals surface area contributed by atoms with Crippen molar-refractivity contribution in [3.05, 3.63) is 58.3 Å². The zero-order valence-electron chi connectivity index (χ0n) is 12.9. The van der Waals surface area contributed by atoms with Crippen LogP contribution in [0.3, 0.4) is 0 Å². The number of thiocarbonyl (C=S) groups is 1. The molecule has 1 heterocycles. The van der Waals surface area contributed by atoms with Crippen LogP contribution < -0.4 is 10.6 Å². The highest BCUT2D eigenvalue weighted by Gasteiger charge is 2.06. The summed E-state index contributed by atoms with van der Waals surface area (Å²) in [6, 6.07) is 10.5. The van der Waals surface area contributed by atoms with Gasteiger partial charge in [-0.25, -0.2) is 4.79 Å². The van der Waals surface area contributed by atoms with Crippen LogP contribution in [0.25, 0.3) is 6.08 Å². The summed E-state index contributed by atoms with van der Waals surface area (Å²) < 4.78 is 4.91. The van der Waals surface area contributed by atoms with Gasteiger partial charge in [-0.05, 0) is 60.9 Å². The van der Waals surface area contributed by atoms with Crippen LogP contribution in [-0.2, 0) is 9.53 Å². The summed E-state index contributed by atoms with van der Waals surface area (Å²) in [6.45, 7) is 2.08.